The third kappa shape index (κ3) is 11.3. The second kappa shape index (κ2) is 13.9. The molecule has 0 aliphatic carbocycles. The first-order valence-electron chi connectivity index (χ1n) is 8.09. The summed E-state index contributed by atoms with van der Waals surface area (Å²) in [6, 6.07) is 8.96. The predicted molar refractivity (Wildman–Crippen MR) is 99.8 cm³/mol. The highest BCUT2D eigenvalue weighted by molar-refractivity contribution is 5.85. The molecule has 0 spiro atoms. The lowest BCUT2D eigenvalue weighted by Gasteiger charge is -2.24. The minimum Gasteiger partial charge on any atom is -0.391 e. The van der Waals surface area contributed by atoms with Crippen LogP contribution in [0, 0.1) is 5.92 Å². The van der Waals surface area contributed by atoms with Gasteiger partial charge in [-0.25, -0.2) is 15.8 Å². The minimum atomic E-state index is -1.41. The van der Waals surface area contributed by atoms with E-state index in [-0.39, 0.29) is 31.7 Å². The molecule has 0 aromatic heterocycles. The zero-order valence-corrected chi connectivity index (χ0v) is 16.0. The minimum absolute atomic E-state index is 0. The van der Waals surface area contributed by atoms with Gasteiger partial charge in [0.25, 0.3) is 0 Å². The summed E-state index contributed by atoms with van der Waals surface area (Å²) in [6.45, 7) is 2.86. The Morgan fingerprint density at radius 3 is 2.27 bits per heavy atom. The number of alkyl halides is 1. The summed E-state index contributed by atoms with van der Waals surface area (Å²) in [5.74, 6) is 2.19. The Morgan fingerprint density at radius 2 is 1.81 bits per heavy atom. The van der Waals surface area contributed by atoms with Crippen molar-refractivity contribution in [2.45, 2.75) is 57.3 Å². The fraction of sp³-hybridized carbons (Fsp3) is 0.588. The zero-order valence-electron chi connectivity index (χ0n) is 15.1. The van der Waals surface area contributed by atoms with Crippen molar-refractivity contribution in [3.8, 4) is 0 Å². The molecule has 7 nitrogen and oxygen atoms in total. The Morgan fingerprint density at radius 1 is 1.27 bits per heavy atom. The average molecular weight is 396 g/mol. The third-order valence-electron chi connectivity index (χ3n) is 3.90. The Kier molecular flexibility index (Phi) is 14.4. The number of nitrogens with one attached hydrogen (secondary N) is 1. The number of carbonyl (C=O) groups is 1. The van der Waals surface area contributed by atoms with Crippen LogP contribution < -0.4 is 17.1 Å². The first-order valence-corrected chi connectivity index (χ1v) is 8.09. The van der Waals surface area contributed by atoms with Crippen molar-refractivity contribution in [2.75, 3.05) is 0 Å². The van der Waals surface area contributed by atoms with Crippen molar-refractivity contribution >= 4 is 18.3 Å². The fourth-order valence-electron chi connectivity index (χ4n) is 2.45. The number of aliphatic hydroxyl groups excluding tert-OH is 1. The second-order valence-corrected chi connectivity index (χ2v) is 6.59. The van der Waals surface area contributed by atoms with Crippen LogP contribution in [0.3, 0.4) is 0 Å². The van der Waals surface area contributed by atoms with Crippen LogP contribution in [0.2, 0.25) is 0 Å². The summed E-state index contributed by atoms with van der Waals surface area (Å²) in [5.41, 5.74) is 7.17. The summed E-state index contributed by atoms with van der Waals surface area (Å²) in [7, 11) is 0. The normalized spacial score (nSPS) is 14.2. The highest BCUT2D eigenvalue weighted by Crippen LogP contribution is 2.23. The van der Waals surface area contributed by atoms with Crippen molar-refractivity contribution in [3.63, 3.8) is 0 Å². The molecule has 0 radical (unpaired) electrons. The standard InChI is InChI=1S/C17H27FN2O3.ClH.H3NO/c1-17(2,18)9-8-13(16(22)20-23)11-15(21)14(19)10-12-6-4-3-5-7-12;;1-2/h3-7,13-15,21,23H,8-11,19H2,1-2H3,(H,20,22);1H;2H,1H2. The van der Waals surface area contributed by atoms with Crippen LogP contribution in [0.15, 0.2) is 30.3 Å². The lowest BCUT2D eigenvalue weighted by Crippen LogP contribution is -2.40. The Bertz CT molecular complexity index is 489. The van der Waals surface area contributed by atoms with Gasteiger partial charge in [-0.1, -0.05) is 30.3 Å². The molecule has 0 heterocycles. The van der Waals surface area contributed by atoms with Crippen LogP contribution in [0.25, 0.3) is 0 Å². The van der Waals surface area contributed by atoms with E-state index >= 15 is 0 Å². The first kappa shape index (κ1) is 26.9. The molecule has 1 aromatic rings. The van der Waals surface area contributed by atoms with Gasteiger partial charge in [0, 0.05) is 12.0 Å². The molecule has 1 rings (SSSR count). The molecule has 26 heavy (non-hydrogen) atoms. The van der Waals surface area contributed by atoms with Crippen LogP contribution >= 0.6 is 12.4 Å². The van der Waals surface area contributed by atoms with Crippen molar-refractivity contribution in [1.29, 1.82) is 0 Å². The van der Waals surface area contributed by atoms with Crippen LogP contribution in [0.1, 0.15) is 38.7 Å². The molecule has 0 aliphatic rings. The van der Waals surface area contributed by atoms with Crippen molar-refractivity contribution < 1.29 is 24.7 Å². The first-order chi connectivity index (χ1) is 11.7. The van der Waals surface area contributed by atoms with Crippen molar-refractivity contribution in [1.82, 2.24) is 5.48 Å². The lowest BCUT2D eigenvalue weighted by atomic mass is 9.88. The van der Waals surface area contributed by atoms with E-state index < -0.39 is 29.6 Å². The quantitative estimate of drug-likeness (QED) is 0.277. The monoisotopic (exact) mass is 395 g/mol. The lowest BCUT2D eigenvalue weighted by molar-refractivity contribution is -0.135. The second-order valence-electron chi connectivity index (χ2n) is 6.59. The van der Waals surface area contributed by atoms with Gasteiger partial charge >= 0.3 is 0 Å². The van der Waals surface area contributed by atoms with E-state index in [2.05, 4.69) is 5.90 Å². The van der Waals surface area contributed by atoms with E-state index in [0.29, 0.717) is 6.42 Å². The highest BCUT2D eigenvalue weighted by Gasteiger charge is 2.27. The zero-order chi connectivity index (χ0) is 19.5. The maximum atomic E-state index is 13.6. The summed E-state index contributed by atoms with van der Waals surface area (Å²) in [4.78, 5) is 11.7. The number of carbonyl (C=O) groups excluding carboxylic acids is 1. The van der Waals surface area contributed by atoms with E-state index in [1.165, 1.54) is 13.8 Å². The summed E-state index contributed by atoms with van der Waals surface area (Å²) < 4.78 is 13.6. The molecule has 0 saturated heterocycles. The van der Waals surface area contributed by atoms with Gasteiger partial charge < -0.3 is 16.0 Å². The summed E-state index contributed by atoms with van der Waals surface area (Å²) in [5, 5.41) is 25.6. The Labute approximate surface area is 159 Å². The molecule has 1 aromatic carbocycles. The molecule has 1 amide bonds. The van der Waals surface area contributed by atoms with Gasteiger partial charge in [-0.3, -0.25) is 10.0 Å². The molecule has 8 N–H and O–H groups in total. The largest absolute Gasteiger partial charge is 0.391 e. The van der Waals surface area contributed by atoms with Crippen LogP contribution in [-0.2, 0) is 11.2 Å². The fourth-order valence-corrected chi connectivity index (χ4v) is 2.45. The van der Waals surface area contributed by atoms with Gasteiger partial charge in [-0.05, 0) is 45.1 Å². The number of hydroxylamine groups is 1. The molecule has 3 unspecified atom stereocenters. The van der Waals surface area contributed by atoms with Gasteiger partial charge in [0.15, 0.2) is 0 Å². The maximum Gasteiger partial charge on any atom is 0.246 e. The number of aliphatic hydroxyl groups is 1. The van der Waals surface area contributed by atoms with Gasteiger partial charge in [0.2, 0.25) is 5.91 Å². The maximum absolute atomic E-state index is 13.6. The topological polar surface area (TPSA) is 142 Å². The van der Waals surface area contributed by atoms with E-state index in [9.17, 15) is 14.3 Å². The van der Waals surface area contributed by atoms with E-state index in [1.54, 1.807) is 5.48 Å². The Balaban J connectivity index is 0. The van der Waals surface area contributed by atoms with Crippen LogP contribution in [-0.4, -0.2) is 39.2 Å². The third-order valence-corrected chi connectivity index (χ3v) is 3.90. The van der Waals surface area contributed by atoms with Gasteiger partial charge in [-0.15, -0.1) is 12.4 Å². The molecular formula is C17H31ClFN3O4. The molecule has 9 heteroatoms. The van der Waals surface area contributed by atoms with Gasteiger partial charge in [0.1, 0.15) is 5.67 Å². The number of halogens is 2. The highest BCUT2D eigenvalue weighted by atomic mass is 35.5. The summed E-state index contributed by atoms with van der Waals surface area (Å²) >= 11 is 0. The van der Waals surface area contributed by atoms with Crippen LogP contribution in [0.5, 0.6) is 0 Å². The molecule has 152 valence electrons. The summed E-state index contributed by atoms with van der Waals surface area (Å²) in [6.07, 6.45) is 0.0253. The average Bonchev–Trinajstić information content (AvgIpc) is 2.59. The number of hydrogen-bond acceptors (Lipinski definition) is 6. The smallest absolute Gasteiger partial charge is 0.246 e. The van der Waals surface area contributed by atoms with Gasteiger partial charge in [0.05, 0.1) is 6.10 Å². The molecule has 0 fully saturated rings. The SMILES string of the molecule is CC(C)(F)CCC(CC(O)C(N)Cc1ccccc1)C(=O)NO.Cl.NO. The number of amides is 1. The predicted octanol–water partition coefficient (Wildman–Crippen LogP) is 1.71. The number of benzene rings is 1. The van der Waals surface area contributed by atoms with Gasteiger partial charge in [-0.2, -0.15) is 0 Å². The molecule has 0 aliphatic heterocycles. The molecule has 3 atom stereocenters. The van der Waals surface area contributed by atoms with Crippen molar-refractivity contribution in [2.24, 2.45) is 17.5 Å². The molecule has 0 saturated carbocycles. The molecular weight excluding hydrogens is 365 g/mol. The van der Waals surface area contributed by atoms with E-state index in [4.69, 9.17) is 16.1 Å². The van der Waals surface area contributed by atoms with Crippen LogP contribution in [0.4, 0.5) is 4.39 Å². The van der Waals surface area contributed by atoms with E-state index in [0.717, 1.165) is 5.56 Å². The van der Waals surface area contributed by atoms with Crippen molar-refractivity contribution in [3.05, 3.63) is 35.9 Å². The number of hydrogen-bond donors (Lipinski definition) is 6. The number of rotatable bonds is 9. The van der Waals surface area contributed by atoms with E-state index in [1.807, 2.05) is 30.3 Å². The Hall–Kier alpha value is -1.29. The number of nitrogens with two attached hydrogens (primary N) is 2. The molecule has 0 bridgehead atoms.